The van der Waals surface area contributed by atoms with E-state index in [2.05, 4.69) is 15.5 Å². The Balaban J connectivity index is 2.22. The maximum atomic E-state index is 12.8. The summed E-state index contributed by atoms with van der Waals surface area (Å²) < 4.78 is 38.4. The topological polar surface area (TPSA) is 37.3 Å². The molecule has 0 spiro atoms. The van der Waals surface area contributed by atoms with E-state index in [1.54, 1.807) is 0 Å². The number of hydrazone groups is 1. The van der Waals surface area contributed by atoms with Gasteiger partial charge in [-0.15, -0.1) is 11.3 Å². The van der Waals surface area contributed by atoms with Gasteiger partial charge in [-0.2, -0.15) is 18.3 Å². The number of thiazole rings is 1. The number of benzene rings is 1. The minimum Gasteiger partial charge on any atom is -0.253 e. The van der Waals surface area contributed by atoms with E-state index in [1.165, 1.54) is 23.6 Å². The van der Waals surface area contributed by atoms with Gasteiger partial charge in [0.1, 0.15) is 0 Å². The first kappa shape index (κ1) is 16.1. The van der Waals surface area contributed by atoms with Gasteiger partial charge in [-0.05, 0) is 24.6 Å². The van der Waals surface area contributed by atoms with Crippen molar-refractivity contribution in [2.24, 2.45) is 5.10 Å². The van der Waals surface area contributed by atoms with Crippen LogP contribution >= 0.6 is 34.5 Å². The number of hydrogen-bond donors (Lipinski definition) is 1. The number of rotatable bonds is 3. The van der Waals surface area contributed by atoms with Gasteiger partial charge in [-0.3, -0.25) is 5.43 Å². The van der Waals surface area contributed by atoms with Crippen LogP contribution in [0.4, 0.5) is 18.3 Å². The first-order valence-electron chi connectivity index (χ1n) is 5.55. The van der Waals surface area contributed by atoms with Crippen molar-refractivity contribution in [1.82, 2.24) is 4.98 Å². The summed E-state index contributed by atoms with van der Waals surface area (Å²) in [5, 5.41) is 5.48. The molecule has 2 aromatic rings. The van der Waals surface area contributed by atoms with E-state index in [1.807, 2.05) is 12.3 Å². The fraction of sp³-hybridized carbons (Fsp3) is 0.167. The molecule has 0 unspecified atom stereocenters. The number of hydrogen-bond acceptors (Lipinski definition) is 4. The summed E-state index contributed by atoms with van der Waals surface area (Å²) in [6, 6.07) is 2.18. The monoisotopic (exact) mass is 353 g/mol. The first-order chi connectivity index (χ1) is 9.77. The molecule has 0 aliphatic carbocycles. The van der Waals surface area contributed by atoms with Crippen molar-refractivity contribution in [1.29, 1.82) is 0 Å². The summed E-state index contributed by atoms with van der Waals surface area (Å²) in [5.74, 6) is 0. The second-order valence-electron chi connectivity index (χ2n) is 4.03. The van der Waals surface area contributed by atoms with Crippen LogP contribution in [0.15, 0.2) is 22.6 Å². The number of aromatic nitrogens is 1. The molecule has 1 aromatic carbocycles. The third-order valence-electron chi connectivity index (χ3n) is 2.35. The van der Waals surface area contributed by atoms with E-state index in [0.717, 1.165) is 11.8 Å². The fourth-order valence-corrected chi connectivity index (χ4v) is 2.54. The number of alkyl halides is 3. The van der Waals surface area contributed by atoms with Crippen molar-refractivity contribution in [3.8, 4) is 0 Å². The van der Waals surface area contributed by atoms with Gasteiger partial charge in [0.2, 0.25) is 5.13 Å². The Morgan fingerprint density at radius 1 is 1.33 bits per heavy atom. The van der Waals surface area contributed by atoms with Crippen LogP contribution in [0, 0.1) is 6.92 Å². The Morgan fingerprint density at radius 2 is 2.05 bits per heavy atom. The van der Waals surface area contributed by atoms with E-state index in [-0.39, 0.29) is 10.6 Å². The zero-order valence-electron chi connectivity index (χ0n) is 10.5. The van der Waals surface area contributed by atoms with Crippen molar-refractivity contribution in [3.63, 3.8) is 0 Å². The minimum atomic E-state index is -4.58. The van der Waals surface area contributed by atoms with Crippen LogP contribution in [0.1, 0.15) is 16.8 Å². The molecule has 1 heterocycles. The van der Waals surface area contributed by atoms with Crippen molar-refractivity contribution >= 4 is 45.9 Å². The fourth-order valence-electron chi connectivity index (χ4n) is 1.46. The van der Waals surface area contributed by atoms with E-state index < -0.39 is 16.8 Å². The maximum absolute atomic E-state index is 12.8. The number of halogens is 5. The molecule has 0 aliphatic rings. The van der Waals surface area contributed by atoms with Gasteiger partial charge in [-0.25, -0.2) is 4.98 Å². The highest BCUT2D eigenvalue weighted by molar-refractivity contribution is 7.13. The standard InChI is InChI=1S/C12H8Cl2F3N3S/c1-6-5-21-11(19-6)20-18-4-7-2-8(12(15,16)17)10(14)9(13)3-7/h2-5H,1H3,(H,19,20). The molecule has 2 rings (SSSR count). The van der Waals surface area contributed by atoms with Gasteiger partial charge in [-0.1, -0.05) is 23.2 Å². The van der Waals surface area contributed by atoms with E-state index in [4.69, 9.17) is 23.2 Å². The predicted molar refractivity (Wildman–Crippen MR) is 79.5 cm³/mol. The molecule has 0 atom stereocenters. The maximum Gasteiger partial charge on any atom is 0.417 e. The molecule has 1 aromatic heterocycles. The van der Waals surface area contributed by atoms with Crippen LogP contribution in [-0.2, 0) is 6.18 Å². The molecule has 0 fully saturated rings. The predicted octanol–water partition coefficient (Wildman–Crippen LogP) is 5.22. The summed E-state index contributed by atoms with van der Waals surface area (Å²) in [7, 11) is 0. The van der Waals surface area contributed by atoms with Gasteiger partial charge >= 0.3 is 6.18 Å². The van der Waals surface area contributed by atoms with Gasteiger partial charge in [0, 0.05) is 5.38 Å². The molecule has 0 saturated heterocycles. The van der Waals surface area contributed by atoms with Crippen LogP contribution in [0.25, 0.3) is 0 Å². The van der Waals surface area contributed by atoms with Crippen LogP contribution in [0.2, 0.25) is 10.0 Å². The lowest BCUT2D eigenvalue weighted by atomic mass is 10.1. The Morgan fingerprint density at radius 3 is 2.62 bits per heavy atom. The van der Waals surface area contributed by atoms with Crippen molar-refractivity contribution in [3.05, 3.63) is 44.4 Å². The molecular weight excluding hydrogens is 346 g/mol. The summed E-state index contributed by atoms with van der Waals surface area (Å²) in [6.45, 7) is 1.82. The smallest absolute Gasteiger partial charge is 0.253 e. The molecular formula is C12H8Cl2F3N3S. The lowest BCUT2D eigenvalue weighted by molar-refractivity contribution is -0.137. The molecule has 112 valence electrons. The molecule has 0 bridgehead atoms. The van der Waals surface area contributed by atoms with Crippen LogP contribution in [0.3, 0.4) is 0 Å². The van der Waals surface area contributed by atoms with E-state index in [0.29, 0.717) is 5.13 Å². The van der Waals surface area contributed by atoms with Crippen molar-refractivity contribution in [2.75, 3.05) is 5.43 Å². The molecule has 0 amide bonds. The van der Waals surface area contributed by atoms with Gasteiger partial charge in [0.25, 0.3) is 0 Å². The zero-order chi connectivity index (χ0) is 15.6. The van der Waals surface area contributed by atoms with E-state index >= 15 is 0 Å². The van der Waals surface area contributed by atoms with Gasteiger partial charge in [0.05, 0.1) is 27.5 Å². The SMILES string of the molecule is Cc1csc(NN=Cc2cc(Cl)c(Cl)c(C(F)(F)F)c2)n1. The first-order valence-corrected chi connectivity index (χ1v) is 7.18. The third-order valence-corrected chi connectivity index (χ3v) is 4.02. The number of nitrogens with zero attached hydrogens (tertiary/aromatic N) is 2. The number of aryl methyl sites for hydroxylation is 1. The summed E-state index contributed by atoms with van der Waals surface area (Å²) in [4.78, 5) is 4.10. The Hall–Kier alpha value is -1.31. The van der Waals surface area contributed by atoms with Crippen molar-refractivity contribution < 1.29 is 13.2 Å². The van der Waals surface area contributed by atoms with Crippen LogP contribution in [0.5, 0.6) is 0 Å². The summed E-state index contributed by atoms with van der Waals surface area (Å²) in [5.41, 5.74) is 2.63. The summed E-state index contributed by atoms with van der Waals surface area (Å²) >= 11 is 12.6. The highest BCUT2D eigenvalue weighted by atomic mass is 35.5. The summed E-state index contributed by atoms with van der Waals surface area (Å²) in [6.07, 6.45) is -3.36. The molecule has 0 saturated carbocycles. The van der Waals surface area contributed by atoms with Gasteiger partial charge < -0.3 is 0 Å². The Labute approximate surface area is 132 Å². The average Bonchev–Trinajstić information content (AvgIpc) is 2.78. The normalized spacial score (nSPS) is 12.1. The molecule has 1 N–H and O–H groups in total. The van der Waals surface area contributed by atoms with Crippen molar-refractivity contribution in [2.45, 2.75) is 13.1 Å². The lowest BCUT2D eigenvalue weighted by Crippen LogP contribution is -2.07. The number of nitrogens with one attached hydrogen (secondary N) is 1. The average molecular weight is 354 g/mol. The molecule has 0 aliphatic heterocycles. The van der Waals surface area contributed by atoms with Crippen LogP contribution < -0.4 is 5.43 Å². The molecule has 0 radical (unpaired) electrons. The number of anilines is 1. The largest absolute Gasteiger partial charge is 0.417 e. The Kier molecular flexibility index (Phi) is 4.75. The second kappa shape index (κ2) is 6.21. The molecule has 21 heavy (non-hydrogen) atoms. The second-order valence-corrected chi connectivity index (χ2v) is 5.67. The highest BCUT2D eigenvalue weighted by Gasteiger charge is 2.34. The minimum absolute atomic E-state index is 0.178. The quantitative estimate of drug-likeness (QED) is 0.606. The van der Waals surface area contributed by atoms with Crippen LogP contribution in [-0.4, -0.2) is 11.2 Å². The molecule has 9 heteroatoms. The van der Waals surface area contributed by atoms with E-state index in [9.17, 15) is 13.2 Å². The highest BCUT2D eigenvalue weighted by Crippen LogP contribution is 2.38. The lowest BCUT2D eigenvalue weighted by Gasteiger charge is -2.10. The third kappa shape index (κ3) is 4.09. The van der Waals surface area contributed by atoms with Gasteiger partial charge in [0.15, 0.2) is 0 Å². The molecule has 3 nitrogen and oxygen atoms in total. The zero-order valence-corrected chi connectivity index (χ0v) is 12.8. The Bertz CT molecular complexity index is 683.